The van der Waals surface area contributed by atoms with Gasteiger partial charge in [0.1, 0.15) is 5.82 Å². The largest absolute Gasteiger partial charge is 0.366 e. The van der Waals surface area contributed by atoms with Crippen LogP contribution in [-0.2, 0) is 19.6 Å². The van der Waals surface area contributed by atoms with Crippen LogP contribution >= 0.6 is 0 Å². The zero-order chi connectivity index (χ0) is 13.2. The first kappa shape index (κ1) is 12.0. The summed E-state index contributed by atoms with van der Waals surface area (Å²) in [5.74, 6) is 0.607. The van der Waals surface area contributed by atoms with Gasteiger partial charge in [0.15, 0.2) is 0 Å². The number of halogens is 1. The van der Waals surface area contributed by atoms with Crippen LogP contribution in [0.15, 0.2) is 30.3 Å². The lowest BCUT2D eigenvalue weighted by Crippen LogP contribution is -2.09. The third-order valence-electron chi connectivity index (χ3n) is 3.22. The van der Waals surface area contributed by atoms with Crippen molar-refractivity contribution in [1.29, 1.82) is 0 Å². The van der Waals surface area contributed by atoms with Gasteiger partial charge in [-0.15, -0.1) is 0 Å². The van der Waals surface area contributed by atoms with Crippen LogP contribution in [0.2, 0.25) is 0 Å². The van der Waals surface area contributed by atoms with E-state index in [-0.39, 0.29) is 0 Å². The zero-order valence-electron chi connectivity index (χ0n) is 10.7. The highest BCUT2D eigenvalue weighted by Crippen LogP contribution is 2.25. The second kappa shape index (κ2) is 4.93. The molecule has 0 atom stereocenters. The maximum absolute atomic E-state index is 13.4. The van der Waals surface area contributed by atoms with Crippen molar-refractivity contribution in [3.05, 3.63) is 53.2 Å². The molecule has 0 amide bonds. The molecule has 1 aromatic carbocycles. The summed E-state index contributed by atoms with van der Waals surface area (Å²) in [7, 11) is 1.99. The molecule has 4 nitrogen and oxygen atoms in total. The minimum atomic E-state index is -0.662. The average Bonchev–Trinajstić information content (AvgIpc) is 2.77. The average molecular weight is 258 g/mol. The molecule has 0 aliphatic carbocycles. The second-order valence-corrected chi connectivity index (χ2v) is 4.78. The fraction of sp³-hybridized carbons (Fsp3) is 0.286. The van der Waals surface area contributed by atoms with Crippen molar-refractivity contribution in [3.8, 4) is 0 Å². The Labute approximate surface area is 111 Å². The van der Waals surface area contributed by atoms with Crippen LogP contribution in [0.1, 0.15) is 16.8 Å². The Balaban J connectivity index is 1.82. The SMILES string of the molecule is CN1Cc2nc(F)nc(NCc3ccccc3)c2C1. The van der Waals surface area contributed by atoms with Gasteiger partial charge in [-0.3, -0.25) is 4.90 Å². The van der Waals surface area contributed by atoms with Crippen LogP contribution in [0.4, 0.5) is 10.2 Å². The van der Waals surface area contributed by atoms with Crippen LogP contribution in [0, 0.1) is 6.08 Å². The quantitative estimate of drug-likeness (QED) is 0.857. The van der Waals surface area contributed by atoms with E-state index >= 15 is 0 Å². The fourth-order valence-electron chi connectivity index (χ4n) is 2.31. The highest BCUT2D eigenvalue weighted by Gasteiger charge is 2.22. The normalized spacial score (nSPS) is 14.4. The summed E-state index contributed by atoms with van der Waals surface area (Å²) in [5.41, 5.74) is 2.92. The molecule has 2 aromatic rings. The van der Waals surface area contributed by atoms with E-state index in [2.05, 4.69) is 20.2 Å². The molecule has 5 heteroatoms. The van der Waals surface area contributed by atoms with Gasteiger partial charge in [-0.2, -0.15) is 9.37 Å². The minimum Gasteiger partial charge on any atom is -0.366 e. The first-order chi connectivity index (χ1) is 9.22. The molecule has 0 radical (unpaired) electrons. The molecule has 0 saturated heterocycles. The maximum Gasteiger partial charge on any atom is 0.310 e. The van der Waals surface area contributed by atoms with Crippen LogP contribution in [0.25, 0.3) is 0 Å². The van der Waals surface area contributed by atoms with E-state index in [9.17, 15) is 4.39 Å². The van der Waals surface area contributed by atoms with Gasteiger partial charge in [0, 0.05) is 25.2 Å². The first-order valence-corrected chi connectivity index (χ1v) is 6.24. The van der Waals surface area contributed by atoms with Crippen molar-refractivity contribution in [2.24, 2.45) is 0 Å². The molecule has 1 aromatic heterocycles. The van der Waals surface area contributed by atoms with E-state index in [4.69, 9.17) is 0 Å². The molecular weight excluding hydrogens is 243 g/mol. The number of hydrogen-bond donors (Lipinski definition) is 1. The van der Waals surface area contributed by atoms with Crippen LogP contribution < -0.4 is 5.32 Å². The van der Waals surface area contributed by atoms with Crippen LogP contribution in [0.5, 0.6) is 0 Å². The van der Waals surface area contributed by atoms with Gasteiger partial charge in [0.05, 0.1) is 5.69 Å². The predicted octanol–water partition coefficient (Wildman–Crippen LogP) is 2.17. The Bertz CT molecular complexity index is 585. The van der Waals surface area contributed by atoms with Gasteiger partial charge in [0.2, 0.25) is 0 Å². The van der Waals surface area contributed by atoms with Crippen molar-refractivity contribution in [2.45, 2.75) is 19.6 Å². The van der Waals surface area contributed by atoms with E-state index in [1.165, 1.54) is 0 Å². The fourth-order valence-corrected chi connectivity index (χ4v) is 2.31. The molecule has 0 unspecified atom stereocenters. The molecule has 19 heavy (non-hydrogen) atoms. The molecule has 0 fully saturated rings. The zero-order valence-corrected chi connectivity index (χ0v) is 10.7. The summed E-state index contributed by atoms with van der Waals surface area (Å²) in [5, 5.41) is 3.20. The summed E-state index contributed by atoms with van der Waals surface area (Å²) in [6.07, 6.45) is -0.662. The molecule has 0 saturated carbocycles. The molecule has 98 valence electrons. The van der Waals surface area contributed by atoms with E-state index < -0.39 is 6.08 Å². The van der Waals surface area contributed by atoms with Crippen LogP contribution in [-0.4, -0.2) is 21.9 Å². The summed E-state index contributed by atoms with van der Waals surface area (Å²) >= 11 is 0. The van der Waals surface area contributed by atoms with E-state index in [0.29, 0.717) is 18.9 Å². The summed E-state index contributed by atoms with van der Waals surface area (Å²) in [6.45, 7) is 2.06. The Morgan fingerprint density at radius 1 is 1.21 bits per heavy atom. The van der Waals surface area contributed by atoms with Crippen molar-refractivity contribution in [1.82, 2.24) is 14.9 Å². The second-order valence-electron chi connectivity index (χ2n) is 4.78. The molecular formula is C14H15FN4. The highest BCUT2D eigenvalue weighted by atomic mass is 19.1. The summed E-state index contributed by atoms with van der Waals surface area (Å²) in [6, 6.07) is 9.99. The number of fused-ring (bicyclic) bond motifs is 1. The third-order valence-corrected chi connectivity index (χ3v) is 3.22. The first-order valence-electron chi connectivity index (χ1n) is 6.24. The number of hydrogen-bond acceptors (Lipinski definition) is 4. The van der Waals surface area contributed by atoms with Crippen molar-refractivity contribution < 1.29 is 4.39 Å². The minimum absolute atomic E-state index is 0.607. The van der Waals surface area contributed by atoms with Crippen molar-refractivity contribution in [2.75, 3.05) is 12.4 Å². The smallest absolute Gasteiger partial charge is 0.310 e. The highest BCUT2D eigenvalue weighted by molar-refractivity contribution is 5.48. The number of aromatic nitrogens is 2. The van der Waals surface area contributed by atoms with Crippen LogP contribution in [0.3, 0.4) is 0 Å². The summed E-state index contributed by atoms with van der Waals surface area (Å²) in [4.78, 5) is 9.83. The lowest BCUT2D eigenvalue weighted by Gasteiger charge is -2.10. The monoisotopic (exact) mass is 258 g/mol. The van der Waals surface area contributed by atoms with Gasteiger partial charge >= 0.3 is 6.08 Å². The number of anilines is 1. The number of rotatable bonds is 3. The topological polar surface area (TPSA) is 41.1 Å². The Morgan fingerprint density at radius 2 is 2.00 bits per heavy atom. The van der Waals surface area contributed by atoms with Gasteiger partial charge in [0.25, 0.3) is 0 Å². The van der Waals surface area contributed by atoms with Gasteiger partial charge in [-0.1, -0.05) is 30.3 Å². The van der Waals surface area contributed by atoms with Crippen molar-refractivity contribution >= 4 is 5.82 Å². The molecule has 1 aliphatic rings. The standard InChI is InChI=1S/C14H15FN4/c1-19-8-11-12(9-19)17-14(15)18-13(11)16-7-10-5-3-2-4-6-10/h2-6H,7-9H2,1H3,(H,16,17,18). The molecule has 1 N–H and O–H groups in total. The van der Waals surface area contributed by atoms with Gasteiger partial charge in [-0.05, 0) is 12.6 Å². The third kappa shape index (κ3) is 2.56. The lowest BCUT2D eigenvalue weighted by molar-refractivity contribution is 0.350. The van der Waals surface area contributed by atoms with E-state index in [1.54, 1.807) is 0 Å². The Kier molecular flexibility index (Phi) is 3.13. The Morgan fingerprint density at radius 3 is 2.79 bits per heavy atom. The lowest BCUT2D eigenvalue weighted by atomic mass is 10.2. The number of nitrogens with zero attached hydrogens (tertiary/aromatic N) is 3. The molecule has 0 bridgehead atoms. The predicted molar refractivity (Wildman–Crippen MR) is 70.9 cm³/mol. The van der Waals surface area contributed by atoms with Gasteiger partial charge in [-0.25, -0.2) is 4.98 Å². The van der Waals surface area contributed by atoms with E-state index in [1.807, 2.05) is 37.4 Å². The Hall–Kier alpha value is -2.01. The van der Waals surface area contributed by atoms with Gasteiger partial charge < -0.3 is 5.32 Å². The summed E-state index contributed by atoms with van der Waals surface area (Å²) < 4.78 is 13.4. The molecule has 1 aliphatic heterocycles. The molecule has 0 spiro atoms. The van der Waals surface area contributed by atoms with E-state index in [0.717, 1.165) is 23.4 Å². The molecule has 3 rings (SSSR count). The molecule has 2 heterocycles. The maximum atomic E-state index is 13.4. The number of benzene rings is 1. The van der Waals surface area contributed by atoms with Crippen molar-refractivity contribution in [3.63, 3.8) is 0 Å². The number of nitrogens with one attached hydrogen (secondary N) is 1.